The fourth-order valence-corrected chi connectivity index (χ4v) is 7.10. The third-order valence-electron chi connectivity index (χ3n) is 9.17. The van der Waals surface area contributed by atoms with Gasteiger partial charge < -0.3 is 4.42 Å². The molecule has 214 valence electrons. The number of nitrogens with zero attached hydrogens (tertiary/aromatic N) is 3. The van der Waals surface area contributed by atoms with E-state index >= 15 is 0 Å². The lowest BCUT2D eigenvalue weighted by Crippen LogP contribution is -2.04. The van der Waals surface area contributed by atoms with Crippen LogP contribution in [0.5, 0.6) is 0 Å². The van der Waals surface area contributed by atoms with Gasteiger partial charge in [0, 0.05) is 27.1 Å². The van der Waals surface area contributed by atoms with E-state index in [4.69, 9.17) is 14.4 Å². The highest BCUT2D eigenvalue weighted by Gasteiger charge is 2.23. The van der Waals surface area contributed by atoms with Gasteiger partial charge in [-0.2, -0.15) is 0 Å². The van der Waals surface area contributed by atoms with Gasteiger partial charge in [-0.25, -0.2) is 9.97 Å². The van der Waals surface area contributed by atoms with Crippen molar-refractivity contribution in [3.05, 3.63) is 152 Å². The van der Waals surface area contributed by atoms with Gasteiger partial charge in [0.25, 0.3) is 0 Å². The molecule has 0 N–H and O–H groups in total. The Morgan fingerprint density at radius 2 is 1.15 bits per heavy atom. The highest BCUT2D eigenvalue weighted by atomic mass is 16.3. The van der Waals surface area contributed by atoms with Crippen LogP contribution in [0.2, 0.25) is 0 Å². The Hall–Kier alpha value is -6.26. The lowest BCUT2D eigenvalue weighted by molar-refractivity contribution is 0.669. The summed E-state index contributed by atoms with van der Waals surface area (Å²) in [5.74, 6) is 0.771. The summed E-state index contributed by atoms with van der Waals surface area (Å²) < 4.78 is 8.86. The van der Waals surface area contributed by atoms with Gasteiger partial charge in [-0.15, -0.1) is 0 Å². The van der Waals surface area contributed by atoms with Crippen LogP contribution in [-0.2, 0) is 0 Å². The molecule has 0 aliphatic rings. The normalized spacial score (nSPS) is 11.9. The standard InChI is InChI=1S/C42H25N3O/c1-2-12-26(13-3-1)29-17-11-22-36-39(29)33-24-27-14-4-5-15-28(27)25-37(33)45(36)42-40(43-34-20-7-8-21-35(34)44-42)32-19-10-18-31-30-16-6-9-23-38(30)46-41(31)32/h1-25H. The summed E-state index contributed by atoms with van der Waals surface area (Å²) in [4.78, 5) is 10.7. The SMILES string of the molecule is c1ccc(-c2cccc3c2c2cc4ccccc4cc2n3-c2nc3ccccc3nc2-c2cccc3c2oc2ccccc23)cc1. The van der Waals surface area contributed by atoms with E-state index in [0.29, 0.717) is 0 Å². The molecule has 4 heteroatoms. The number of para-hydroxylation sites is 4. The zero-order valence-corrected chi connectivity index (χ0v) is 24.7. The van der Waals surface area contributed by atoms with Crippen molar-refractivity contribution in [3.63, 3.8) is 0 Å². The van der Waals surface area contributed by atoms with E-state index in [-0.39, 0.29) is 0 Å². The van der Waals surface area contributed by atoms with E-state index in [1.54, 1.807) is 0 Å². The van der Waals surface area contributed by atoms with Crippen molar-refractivity contribution >= 4 is 65.6 Å². The summed E-state index contributed by atoms with van der Waals surface area (Å²) >= 11 is 0. The maximum Gasteiger partial charge on any atom is 0.165 e. The molecule has 0 fully saturated rings. The smallest absolute Gasteiger partial charge is 0.165 e. The molecule has 0 amide bonds. The zero-order valence-electron chi connectivity index (χ0n) is 24.7. The number of aromatic nitrogens is 3. The molecule has 0 saturated heterocycles. The maximum atomic E-state index is 6.55. The predicted molar refractivity (Wildman–Crippen MR) is 190 cm³/mol. The minimum absolute atomic E-state index is 0.771. The molecule has 0 aliphatic carbocycles. The van der Waals surface area contributed by atoms with Gasteiger partial charge in [0.15, 0.2) is 5.82 Å². The fourth-order valence-electron chi connectivity index (χ4n) is 7.10. The summed E-state index contributed by atoms with van der Waals surface area (Å²) in [7, 11) is 0. The number of rotatable bonds is 3. The highest BCUT2D eigenvalue weighted by Crippen LogP contribution is 2.43. The number of fused-ring (bicyclic) bond motifs is 8. The second-order valence-electron chi connectivity index (χ2n) is 11.8. The van der Waals surface area contributed by atoms with Gasteiger partial charge in [-0.1, -0.05) is 109 Å². The molecule has 0 unspecified atom stereocenters. The molecular formula is C42H25N3O. The first-order chi connectivity index (χ1) is 22.8. The first-order valence-electron chi connectivity index (χ1n) is 15.5. The van der Waals surface area contributed by atoms with Gasteiger partial charge >= 0.3 is 0 Å². The highest BCUT2D eigenvalue weighted by molar-refractivity contribution is 6.19. The summed E-state index contributed by atoms with van der Waals surface area (Å²) in [5.41, 5.74) is 9.57. The Labute approximate surface area is 263 Å². The van der Waals surface area contributed by atoms with Crippen molar-refractivity contribution in [2.24, 2.45) is 0 Å². The molecule has 7 aromatic carbocycles. The van der Waals surface area contributed by atoms with E-state index in [0.717, 1.165) is 61.1 Å². The molecule has 10 rings (SSSR count). The van der Waals surface area contributed by atoms with Crippen molar-refractivity contribution in [3.8, 4) is 28.2 Å². The Bertz CT molecular complexity index is 2810. The van der Waals surface area contributed by atoms with Crippen molar-refractivity contribution in [2.75, 3.05) is 0 Å². The molecule has 46 heavy (non-hydrogen) atoms. The van der Waals surface area contributed by atoms with Crippen LogP contribution in [0.4, 0.5) is 0 Å². The molecule has 3 heterocycles. The molecule has 0 bridgehead atoms. The monoisotopic (exact) mass is 587 g/mol. The second kappa shape index (κ2) is 9.62. The average Bonchev–Trinajstić information content (AvgIpc) is 3.66. The number of hydrogen-bond donors (Lipinski definition) is 0. The van der Waals surface area contributed by atoms with Gasteiger partial charge in [-0.3, -0.25) is 4.57 Å². The summed E-state index contributed by atoms with van der Waals surface area (Å²) in [6, 6.07) is 53.0. The van der Waals surface area contributed by atoms with E-state index in [9.17, 15) is 0 Å². The van der Waals surface area contributed by atoms with Crippen LogP contribution in [0.3, 0.4) is 0 Å². The molecular weight excluding hydrogens is 562 g/mol. The quantitative estimate of drug-likeness (QED) is 0.207. The Balaban J connectivity index is 1.39. The number of benzene rings is 7. The lowest BCUT2D eigenvalue weighted by Gasteiger charge is -2.14. The first-order valence-corrected chi connectivity index (χ1v) is 15.5. The largest absolute Gasteiger partial charge is 0.455 e. The average molecular weight is 588 g/mol. The number of furan rings is 1. The summed E-state index contributed by atoms with van der Waals surface area (Å²) in [5, 5.41) is 6.90. The van der Waals surface area contributed by atoms with Gasteiger partial charge in [0.2, 0.25) is 0 Å². The van der Waals surface area contributed by atoms with E-state index < -0.39 is 0 Å². The van der Waals surface area contributed by atoms with Crippen molar-refractivity contribution in [1.29, 1.82) is 0 Å². The van der Waals surface area contributed by atoms with Gasteiger partial charge in [-0.05, 0) is 64.4 Å². The minimum atomic E-state index is 0.771. The molecule has 0 aliphatic heterocycles. The van der Waals surface area contributed by atoms with Crippen LogP contribution in [0.15, 0.2) is 156 Å². The third kappa shape index (κ3) is 3.61. The van der Waals surface area contributed by atoms with Crippen LogP contribution in [0.25, 0.3) is 93.8 Å². The summed E-state index contributed by atoms with van der Waals surface area (Å²) in [6.07, 6.45) is 0. The molecule has 3 aromatic heterocycles. The Morgan fingerprint density at radius 1 is 0.478 bits per heavy atom. The molecule has 4 nitrogen and oxygen atoms in total. The fraction of sp³-hybridized carbons (Fsp3) is 0. The third-order valence-corrected chi connectivity index (χ3v) is 9.17. The van der Waals surface area contributed by atoms with Gasteiger partial charge in [0.05, 0.1) is 22.1 Å². The molecule has 0 atom stereocenters. The van der Waals surface area contributed by atoms with E-state index in [1.807, 2.05) is 36.4 Å². The van der Waals surface area contributed by atoms with Gasteiger partial charge in [0.1, 0.15) is 16.9 Å². The van der Waals surface area contributed by atoms with Crippen LogP contribution >= 0.6 is 0 Å². The predicted octanol–water partition coefficient (Wildman–Crippen LogP) is 11.1. The van der Waals surface area contributed by atoms with Crippen molar-refractivity contribution in [2.45, 2.75) is 0 Å². The molecule has 0 spiro atoms. The molecule has 10 aromatic rings. The van der Waals surface area contributed by atoms with Crippen LogP contribution in [-0.4, -0.2) is 14.5 Å². The van der Waals surface area contributed by atoms with Crippen LogP contribution in [0, 0.1) is 0 Å². The Kier molecular flexibility index (Phi) is 5.25. The zero-order chi connectivity index (χ0) is 30.2. The Morgan fingerprint density at radius 3 is 2.02 bits per heavy atom. The number of hydrogen-bond acceptors (Lipinski definition) is 3. The lowest BCUT2D eigenvalue weighted by atomic mass is 9.98. The van der Waals surface area contributed by atoms with Crippen LogP contribution < -0.4 is 0 Å². The first kappa shape index (κ1) is 25.1. The molecule has 0 saturated carbocycles. The van der Waals surface area contributed by atoms with Crippen LogP contribution in [0.1, 0.15) is 0 Å². The van der Waals surface area contributed by atoms with E-state index in [1.165, 1.54) is 32.7 Å². The topological polar surface area (TPSA) is 43.9 Å². The maximum absolute atomic E-state index is 6.55. The summed E-state index contributed by atoms with van der Waals surface area (Å²) in [6.45, 7) is 0. The van der Waals surface area contributed by atoms with E-state index in [2.05, 4.69) is 120 Å². The van der Waals surface area contributed by atoms with Crippen molar-refractivity contribution in [1.82, 2.24) is 14.5 Å². The minimum Gasteiger partial charge on any atom is -0.455 e. The van der Waals surface area contributed by atoms with Crippen molar-refractivity contribution < 1.29 is 4.42 Å². The second-order valence-corrected chi connectivity index (χ2v) is 11.8. The molecule has 0 radical (unpaired) electrons.